The molecule has 0 N–H and O–H groups in total. The zero-order chi connectivity index (χ0) is 8.27. The van der Waals surface area contributed by atoms with E-state index in [0.29, 0.717) is 12.0 Å². The summed E-state index contributed by atoms with van der Waals surface area (Å²) in [6.07, 6.45) is 1.59. The zero-order valence-electron chi connectivity index (χ0n) is 5.25. The van der Waals surface area contributed by atoms with E-state index in [9.17, 15) is 9.18 Å². The second-order valence-corrected chi connectivity index (χ2v) is 2.19. The maximum absolute atomic E-state index is 12.5. The lowest BCUT2D eigenvalue weighted by Gasteiger charge is -1.96. The minimum absolute atomic E-state index is 0.0980. The van der Waals surface area contributed by atoms with Crippen molar-refractivity contribution in [2.45, 2.75) is 0 Å². The molecule has 5 heteroatoms. The maximum Gasteiger partial charge on any atom is 0.223 e. The van der Waals surface area contributed by atoms with Gasteiger partial charge in [0.25, 0.3) is 0 Å². The van der Waals surface area contributed by atoms with Gasteiger partial charge in [0, 0.05) is 0 Å². The summed E-state index contributed by atoms with van der Waals surface area (Å²) in [6, 6.07) is 1.28. The standard InChI is InChI=1S/C6H3FINO2/c7-6-4(3-10)1-5(11-8)2-9-6/h1-3H. The van der Waals surface area contributed by atoms with Crippen LogP contribution in [0.4, 0.5) is 4.39 Å². The highest BCUT2D eigenvalue weighted by atomic mass is 127. The Kier molecular flexibility index (Phi) is 2.75. The summed E-state index contributed by atoms with van der Waals surface area (Å²) >= 11 is 1.62. The van der Waals surface area contributed by atoms with E-state index in [4.69, 9.17) is 3.07 Å². The lowest BCUT2D eigenvalue weighted by Crippen LogP contribution is -1.91. The van der Waals surface area contributed by atoms with E-state index in [1.54, 1.807) is 23.0 Å². The number of pyridine rings is 1. The molecule has 1 aromatic heterocycles. The van der Waals surface area contributed by atoms with Crippen molar-refractivity contribution in [1.29, 1.82) is 0 Å². The van der Waals surface area contributed by atoms with Crippen LogP contribution in [0.3, 0.4) is 0 Å². The van der Waals surface area contributed by atoms with E-state index in [2.05, 4.69) is 4.98 Å². The molecule has 1 rings (SSSR count). The molecular formula is C6H3FINO2. The first-order valence-electron chi connectivity index (χ1n) is 2.67. The van der Waals surface area contributed by atoms with Crippen molar-refractivity contribution < 1.29 is 12.3 Å². The second-order valence-electron chi connectivity index (χ2n) is 1.75. The molecule has 0 radical (unpaired) electrons. The van der Waals surface area contributed by atoms with E-state index in [-0.39, 0.29) is 5.56 Å². The maximum atomic E-state index is 12.5. The number of rotatable bonds is 2. The number of aldehydes is 1. The molecule has 0 atom stereocenters. The molecule has 3 nitrogen and oxygen atoms in total. The fourth-order valence-corrected chi connectivity index (χ4v) is 0.811. The van der Waals surface area contributed by atoms with Crippen LogP contribution in [0.25, 0.3) is 0 Å². The van der Waals surface area contributed by atoms with Crippen molar-refractivity contribution in [1.82, 2.24) is 4.98 Å². The number of hydrogen-bond acceptors (Lipinski definition) is 3. The van der Waals surface area contributed by atoms with Gasteiger partial charge in [0.15, 0.2) is 35.0 Å². The van der Waals surface area contributed by atoms with Crippen LogP contribution < -0.4 is 3.07 Å². The smallest absolute Gasteiger partial charge is 0.223 e. The topological polar surface area (TPSA) is 39.2 Å². The Bertz CT molecular complexity index is 279. The van der Waals surface area contributed by atoms with E-state index >= 15 is 0 Å². The minimum Gasteiger partial charge on any atom is -0.426 e. The Labute approximate surface area is 76.3 Å². The van der Waals surface area contributed by atoms with Crippen molar-refractivity contribution in [2.75, 3.05) is 0 Å². The first-order chi connectivity index (χ1) is 5.27. The van der Waals surface area contributed by atoms with Crippen LogP contribution in [0.2, 0.25) is 0 Å². The normalized spacial score (nSPS) is 9.27. The Balaban J connectivity index is 3.12. The molecule has 0 aliphatic carbocycles. The highest BCUT2D eigenvalue weighted by Crippen LogP contribution is 2.14. The molecule has 1 aromatic rings. The van der Waals surface area contributed by atoms with Crippen LogP contribution in [-0.4, -0.2) is 11.3 Å². The third-order valence-electron chi connectivity index (χ3n) is 1.06. The van der Waals surface area contributed by atoms with Crippen molar-refractivity contribution in [3.05, 3.63) is 23.8 Å². The van der Waals surface area contributed by atoms with Crippen LogP contribution in [-0.2, 0) is 0 Å². The van der Waals surface area contributed by atoms with Gasteiger partial charge in [0.1, 0.15) is 0 Å². The highest BCUT2D eigenvalue weighted by molar-refractivity contribution is 14.1. The highest BCUT2D eigenvalue weighted by Gasteiger charge is 2.03. The average Bonchev–Trinajstić information content (AvgIpc) is 2.05. The van der Waals surface area contributed by atoms with E-state index in [1.807, 2.05) is 0 Å². The molecule has 0 aliphatic rings. The third kappa shape index (κ3) is 1.86. The van der Waals surface area contributed by atoms with Crippen LogP contribution >= 0.6 is 23.0 Å². The summed E-state index contributed by atoms with van der Waals surface area (Å²) in [7, 11) is 0. The molecule has 0 aromatic carbocycles. The average molecular weight is 267 g/mol. The Morgan fingerprint density at radius 2 is 2.45 bits per heavy atom. The SMILES string of the molecule is O=Cc1cc(OI)cnc1F. The molecule has 0 bridgehead atoms. The monoisotopic (exact) mass is 267 g/mol. The molecule has 0 aliphatic heterocycles. The molecule has 0 unspecified atom stereocenters. The summed E-state index contributed by atoms with van der Waals surface area (Å²) in [5.74, 6) is -0.425. The van der Waals surface area contributed by atoms with Crippen LogP contribution in [0, 0.1) is 5.95 Å². The fourth-order valence-electron chi connectivity index (χ4n) is 0.570. The van der Waals surface area contributed by atoms with Crippen LogP contribution in [0.1, 0.15) is 10.4 Å². The van der Waals surface area contributed by atoms with Crippen LogP contribution in [0.15, 0.2) is 12.3 Å². The van der Waals surface area contributed by atoms with E-state index < -0.39 is 5.95 Å². The minimum atomic E-state index is -0.780. The summed E-state index contributed by atoms with van der Waals surface area (Å²) in [4.78, 5) is 13.5. The quantitative estimate of drug-likeness (QED) is 0.465. The number of hydrogen-bond donors (Lipinski definition) is 0. The van der Waals surface area contributed by atoms with Gasteiger partial charge in [-0.15, -0.1) is 0 Å². The van der Waals surface area contributed by atoms with Crippen molar-refractivity contribution >= 4 is 29.3 Å². The van der Waals surface area contributed by atoms with E-state index in [1.165, 1.54) is 12.3 Å². The van der Waals surface area contributed by atoms with Gasteiger partial charge in [-0.05, 0) is 6.07 Å². The Hall–Kier alpha value is -0.720. The summed E-state index contributed by atoms with van der Waals surface area (Å²) in [5, 5.41) is 0. The molecule has 1 heterocycles. The van der Waals surface area contributed by atoms with Crippen molar-refractivity contribution in [2.24, 2.45) is 0 Å². The summed E-state index contributed by atoms with van der Waals surface area (Å²) in [5.41, 5.74) is -0.0980. The fraction of sp³-hybridized carbons (Fsp3) is 0. The zero-order valence-corrected chi connectivity index (χ0v) is 7.41. The summed E-state index contributed by atoms with van der Waals surface area (Å²) in [6.45, 7) is 0. The van der Waals surface area contributed by atoms with E-state index in [0.717, 1.165) is 0 Å². The molecule has 11 heavy (non-hydrogen) atoms. The van der Waals surface area contributed by atoms with Gasteiger partial charge in [0.05, 0.1) is 11.8 Å². The predicted molar refractivity (Wildman–Crippen MR) is 44.2 cm³/mol. The van der Waals surface area contributed by atoms with Gasteiger partial charge in [-0.3, -0.25) is 4.79 Å². The second kappa shape index (κ2) is 3.61. The Morgan fingerprint density at radius 1 is 1.73 bits per heavy atom. The van der Waals surface area contributed by atoms with Gasteiger partial charge >= 0.3 is 0 Å². The molecule has 0 saturated heterocycles. The first kappa shape index (κ1) is 8.38. The molecule has 58 valence electrons. The molecule has 0 amide bonds. The lowest BCUT2D eigenvalue weighted by molar-refractivity contribution is 0.111. The molecule has 0 saturated carbocycles. The number of carbonyl (C=O) groups excluding carboxylic acids is 1. The molecule has 0 spiro atoms. The van der Waals surface area contributed by atoms with Gasteiger partial charge in [0.2, 0.25) is 5.95 Å². The summed E-state index contributed by atoms with van der Waals surface area (Å²) < 4.78 is 17.2. The largest absolute Gasteiger partial charge is 0.426 e. The van der Waals surface area contributed by atoms with Gasteiger partial charge in [-0.2, -0.15) is 4.39 Å². The number of nitrogens with zero attached hydrogens (tertiary/aromatic N) is 1. The number of halogens is 2. The van der Waals surface area contributed by atoms with Crippen molar-refractivity contribution in [3.63, 3.8) is 0 Å². The predicted octanol–water partition coefficient (Wildman–Crippen LogP) is 1.76. The third-order valence-corrected chi connectivity index (χ3v) is 1.57. The van der Waals surface area contributed by atoms with Crippen molar-refractivity contribution in [3.8, 4) is 5.75 Å². The number of aromatic nitrogens is 1. The van der Waals surface area contributed by atoms with Gasteiger partial charge in [-0.1, -0.05) is 0 Å². The Morgan fingerprint density at radius 3 is 3.00 bits per heavy atom. The first-order valence-corrected chi connectivity index (χ1v) is 3.55. The van der Waals surface area contributed by atoms with Crippen LogP contribution in [0.5, 0.6) is 5.75 Å². The molecule has 0 fully saturated rings. The number of carbonyl (C=O) groups is 1. The lowest BCUT2D eigenvalue weighted by atomic mass is 10.3. The van der Waals surface area contributed by atoms with Gasteiger partial charge < -0.3 is 3.07 Å². The molecular weight excluding hydrogens is 264 g/mol. The van der Waals surface area contributed by atoms with Gasteiger partial charge in [-0.25, -0.2) is 4.98 Å².